The van der Waals surface area contributed by atoms with Crippen molar-refractivity contribution in [2.75, 3.05) is 13.1 Å². The van der Waals surface area contributed by atoms with E-state index in [-0.39, 0.29) is 24.7 Å². The molecule has 0 radical (unpaired) electrons. The van der Waals surface area contributed by atoms with Gasteiger partial charge < -0.3 is 20.8 Å². The largest absolute Gasteiger partial charge is 0.481 e. The van der Waals surface area contributed by atoms with E-state index in [2.05, 4.69) is 10.6 Å². The Balaban J connectivity index is 2.09. The normalized spacial score (nSPS) is 10.7. The maximum Gasteiger partial charge on any atom is 0.303 e. The van der Waals surface area contributed by atoms with E-state index in [9.17, 15) is 19.2 Å². The Morgan fingerprint density at radius 1 is 0.500 bits per heavy atom. The van der Waals surface area contributed by atoms with Crippen molar-refractivity contribution in [1.29, 1.82) is 0 Å². The molecule has 0 aliphatic rings. The van der Waals surface area contributed by atoms with Crippen LogP contribution in [0.5, 0.6) is 0 Å². The van der Waals surface area contributed by atoms with Crippen LogP contribution in [0.15, 0.2) is 24.3 Å². The summed E-state index contributed by atoms with van der Waals surface area (Å²) in [5.74, 6) is -1.78. The molecule has 0 atom stereocenters. The fourth-order valence-corrected chi connectivity index (χ4v) is 4.33. The van der Waals surface area contributed by atoms with Crippen molar-refractivity contribution >= 4 is 23.8 Å². The van der Waals surface area contributed by atoms with Crippen molar-refractivity contribution in [3.63, 3.8) is 0 Å². The summed E-state index contributed by atoms with van der Waals surface area (Å²) in [6.07, 6.45) is 16.8. The zero-order valence-corrected chi connectivity index (χ0v) is 23.0. The van der Waals surface area contributed by atoms with Gasteiger partial charge in [0.1, 0.15) is 0 Å². The SMILES string of the molecule is O=C(O)CCCCCCCCCCNC(=O)c1cccc(C(=O)NCCCCCCCCCCC(=O)O)c1. The Morgan fingerprint density at radius 2 is 0.816 bits per heavy atom. The summed E-state index contributed by atoms with van der Waals surface area (Å²) >= 11 is 0. The molecule has 0 saturated heterocycles. The molecular weight excluding hydrogens is 484 g/mol. The number of rotatable bonds is 24. The lowest BCUT2D eigenvalue weighted by Crippen LogP contribution is -2.26. The van der Waals surface area contributed by atoms with Crippen molar-refractivity contribution in [2.45, 2.75) is 116 Å². The number of carbonyl (C=O) groups is 4. The van der Waals surface area contributed by atoms with Crippen molar-refractivity contribution in [3.05, 3.63) is 35.4 Å². The molecule has 0 fully saturated rings. The minimum absolute atomic E-state index is 0.166. The van der Waals surface area contributed by atoms with Gasteiger partial charge in [0.15, 0.2) is 0 Å². The maximum absolute atomic E-state index is 12.5. The molecule has 2 amide bonds. The van der Waals surface area contributed by atoms with Crippen molar-refractivity contribution in [2.24, 2.45) is 0 Å². The van der Waals surface area contributed by atoms with E-state index in [1.54, 1.807) is 24.3 Å². The van der Waals surface area contributed by atoms with E-state index in [0.717, 1.165) is 103 Å². The van der Waals surface area contributed by atoms with Gasteiger partial charge in [-0.2, -0.15) is 0 Å². The van der Waals surface area contributed by atoms with E-state index in [0.29, 0.717) is 24.2 Å². The monoisotopic (exact) mass is 532 g/mol. The number of carboxylic acids is 2. The number of carbonyl (C=O) groups excluding carboxylic acids is 2. The minimum Gasteiger partial charge on any atom is -0.481 e. The number of aliphatic carboxylic acids is 2. The van der Waals surface area contributed by atoms with E-state index >= 15 is 0 Å². The second-order valence-corrected chi connectivity index (χ2v) is 10.0. The summed E-state index contributed by atoms with van der Waals surface area (Å²) in [4.78, 5) is 45.9. The van der Waals surface area contributed by atoms with E-state index in [1.165, 1.54) is 0 Å². The fourth-order valence-electron chi connectivity index (χ4n) is 4.33. The third-order valence-electron chi connectivity index (χ3n) is 6.59. The summed E-state index contributed by atoms with van der Waals surface area (Å²) in [7, 11) is 0. The van der Waals surface area contributed by atoms with Gasteiger partial charge in [0, 0.05) is 37.1 Å². The Morgan fingerprint density at radius 3 is 1.16 bits per heavy atom. The molecule has 4 N–H and O–H groups in total. The summed E-state index contributed by atoms with van der Waals surface area (Å²) in [6, 6.07) is 6.81. The highest BCUT2D eigenvalue weighted by Gasteiger charge is 2.10. The van der Waals surface area contributed by atoms with E-state index < -0.39 is 11.9 Å². The zero-order chi connectivity index (χ0) is 27.8. The number of benzene rings is 1. The Labute approximate surface area is 228 Å². The first kappa shape index (κ1) is 33.1. The number of amides is 2. The van der Waals surface area contributed by atoms with Gasteiger partial charge >= 0.3 is 11.9 Å². The Bertz CT molecular complexity index is 763. The lowest BCUT2D eigenvalue weighted by molar-refractivity contribution is -0.138. The molecule has 1 rings (SSSR count). The van der Waals surface area contributed by atoms with Crippen molar-refractivity contribution in [1.82, 2.24) is 10.6 Å². The topological polar surface area (TPSA) is 133 Å². The number of hydrogen-bond acceptors (Lipinski definition) is 4. The smallest absolute Gasteiger partial charge is 0.303 e. The van der Waals surface area contributed by atoms with Gasteiger partial charge in [-0.1, -0.05) is 83.1 Å². The average molecular weight is 533 g/mol. The highest BCUT2D eigenvalue weighted by molar-refractivity contribution is 5.99. The van der Waals surface area contributed by atoms with Crippen LogP contribution in [0.25, 0.3) is 0 Å². The first-order valence-electron chi connectivity index (χ1n) is 14.5. The summed E-state index contributed by atoms with van der Waals surface area (Å²) in [5, 5.41) is 23.1. The van der Waals surface area contributed by atoms with Crippen LogP contribution in [0, 0.1) is 0 Å². The van der Waals surface area contributed by atoms with E-state index in [4.69, 9.17) is 10.2 Å². The summed E-state index contributed by atoms with van der Waals surface area (Å²) in [5.41, 5.74) is 0.977. The van der Waals surface area contributed by atoms with Crippen LogP contribution in [-0.4, -0.2) is 47.1 Å². The molecule has 8 nitrogen and oxygen atoms in total. The number of hydrogen-bond donors (Lipinski definition) is 4. The molecule has 38 heavy (non-hydrogen) atoms. The molecule has 0 aromatic heterocycles. The van der Waals surface area contributed by atoms with Crippen molar-refractivity contribution in [3.8, 4) is 0 Å². The van der Waals surface area contributed by atoms with Gasteiger partial charge in [-0.05, 0) is 43.9 Å². The molecular formula is C30H48N2O6. The molecule has 0 aliphatic heterocycles. The number of nitrogens with one attached hydrogen (secondary N) is 2. The molecule has 0 spiro atoms. The predicted octanol–water partition coefficient (Wildman–Crippen LogP) is 6.34. The highest BCUT2D eigenvalue weighted by atomic mass is 16.4. The first-order valence-corrected chi connectivity index (χ1v) is 14.5. The summed E-state index contributed by atoms with van der Waals surface area (Å²) < 4.78 is 0. The molecule has 214 valence electrons. The summed E-state index contributed by atoms with van der Waals surface area (Å²) in [6.45, 7) is 1.21. The van der Waals surface area contributed by atoms with Crippen LogP contribution >= 0.6 is 0 Å². The lowest BCUT2D eigenvalue weighted by Gasteiger charge is -2.08. The van der Waals surface area contributed by atoms with Crippen molar-refractivity contribution < 1.29 is 29.4 Å². The van der Waals surface area contributed by atoms with Crippen LogP contribution in [0.2, 0.25) is 0 Å². The molecule has 1 aromatic carbocycles. The second kappa shape index (κ2) is 22.1. The standard InChI is InChI=1S/C30H48N2O6/c33-27(34)20-13-9-5-1-3-7-11-15-22-31-29(37)25-18-17-19-26(24-25)30(38)32-23-16-12-8-4-2-6-10-14-21-28(35)36/h17-19,24H,1-16,20-23H2,(H,31,37)(H,32,38)(H,33,34)(H,35,36). The predicted molar refractivity (Wildman–Crippen MR) is 149 cm³/mol. The van der Waals surface area contributed by atoms with E-state index in [1.807, 2.05) is 0 Å². The van der Waals surface area contributed by atoms with Gasteiger partial charge in [0.25, 0.3) is 11.8 Å². The third-order valence-corrected chi connectivity index (χ3v) is 6.59. The van der Waals surface area contributed by atoms with Crippen LogP contribution in [0.3, 0.4) is 0 Å². The molecule has 0 unspecified atom stereocenters. The molecule has 1 aromatic rings. The van der Waals surface area contributed by atoms with Crippen LogP contribution in [-0.2, 0) is 9.59 Å². The Hall–Kier alpha value is -2.90. The average Bonchev–Trinajstić information content (AvgIpc) is 2.89. The molecule has 0 aliphatic carbocycles. The van der Waals surface area contributed by atoms with Crippen LogP contribution < -0.4 is 10.6 Å². The Kier molecular flexibility index (Phi) is 19.3. The maximum atomic E-state index is 12.5. The number of carboxylic acid groups (broad SMARTS) is 2. The van der Waals surface area contributed by atoms with Gasteiger partial charge in [-0.25, -0.2) is 0 Å². The lowest BCUT2D eigenvalue weighted by atomic mass is 10.1. The van der Waals surface area contributed by atoms with Gasteiger partial charge in [0.05, 0.1) is 0 Å². The molecule has 0 heterocycles. The van der Waals surface area contributed by atoms with Gasteiger partial charge in [0.2, 0.25) is 0 Å². The van der Waals surface area contributed by atoms with Crippen LogP contribution in [0.4, 0.5) is 0 Å². The minimum atomic E-state index is -0.722. The molecule has 0 bridgehead atoms. The molecule has 0 saturated carbocycles. The quantitative estimate of drug-likeness (QED) is 0.115. The number of unbranched alkanes of at least 4 members (excludes halogenated alkanes) is 14. The molecule has 8 heteroatoms. The van der Waals surface area contributed by atoms with Crippen LogP contribution in [0.1, 0.15) is 136 Å². The van der Waals surface area contributed by atoms with Gasteiger partial charge in [-0.15, -0.1) is 0 Å². The first-order chi connectivity index (χ1) is 18.4. The zero-order valence-electron chi connectivity index (χ0n) is 23.0. The second-order valence-electron chi connectivity index (χ2n) is 10.0. The fraction of sp³-hybridized carbons (Fsp3) is 0.667. The highest BCUT2D eigenvalue weighted by Crippen LogP contribution is 2.11. The van der Waals surface area contributed by atoms with Gasteiger partial charge in [-0.3, -0.25) is 19.2 Å². The third kappa shape index (κ3) is 18.4.